The van der Waals surface area contributed by atoms with Crippen LogP contribution in [-0.2, 0) is 43.9 Å². The summed E-state index contributed by atoms with van der Waals surface area (Å²) in [7, 11) is 0. The summed E-state index contributed by atoms with van der Waals surface area (Å²) in [6.45, 7) is 6.30. The van der Waals surface area contributed by atoms with Crippen molar-refractivity contribution in [2.24, 2.45) is 11.8 Å². The van der Waals surface area contributed by atoms with Crippen LogP contribution in [0.15, 0.2) is 42.5 Å². The first-order valence-electron chi connectivity index (χ1n) is 11.2. The Kier molecular flexibility index (Phi) is 10.7. The first-order valence-corrected chi connectivity index (χ1v) is 11.2. The standard InChI is InChI=1S/C27H34O3.Y/c1-4-22-13-14-23(27(28)29)18-26(22)25-16-15-24(17-19(25)2)30-20(3)9-8-12-21-10-6-5-7-11-21;/h4-7,10-11,15,17,20,22-23,26H,8-9,12-14,18H2,1-3H3,(H,28,29);/q-2;/t20-,22-,23-,26?;/m1./s1. The van der Waals surface area contributed by atoms with Crippen molar-refractivity contribution in [1.82, 2.24) is 0 Å². The Bertz CT molecular complexity index is 820. The molecule has 2 aromatic rings. The molecule has 1 aliphatic rings. The third-order valence-electron chi connectivity index (χ3n) is 6.46. The topological polar surface area (TPSA) is 46.5 Å². The molecule has 0 spiro atoms. The van der Waals surface area contributed by atoms with Crippen LogP contribution >= 0.6 is 0 Å². The Morgan fingerprint density at radius 1 is 1.29 bits per heavy atom. The van der Waals surface area contributed by atoms with E-state index in [0.29, 0.717) is 12.3 Å². The van der Waals surface area contributed by atoms with Crippen molar-refractivity contribution in [2.75, 3.05) is 0 Å². The van der Waals surface area contributed by atoms with Crippen molar-refractivity contribution in [3.8, 4) is 5.75 Å². The predicted octanol–water partition coefficient (Wildman–Crippen LogP) is 6.39. The fourth-order valence-corrected chi connectivity index (χ4v) is 4.74. The van der Waals surface area contributed by atoms with Crippen LogP contribution < -0.4 is 4.74 Å². The summed E-state index contributed by atoms with van der Waals surface area (Å²) >= 11 is 0. The quantitative estimate of drug-likeness (QED) is 0.410. The molecule has 4 heteroatoms. The molecule has 4 atom stereocenters. The minimum Gasteiger partial charge on any atom is -0.548 e. The number of hydrogen-bond donors (Lipinski definition) is 1. The summed E-state index contributed by atoms with van der Waals surface area (Å²) in [5, 5.41) is 9.48. The molecule has 2 aromatic carbocycles. The number of benzene rings is 2. The third-order valence-corrected chi connectivity index (χ3v) is 6.46. The van der Waals surface area contributed by atoms with Gasteiger partial charge in [-0.1, -0.05) is 49.6 Å². The Balaban J connectivity index is 0.00000341. The van der Waals surface area contributed by atoms with Gasteiger partial charge in [0.2, 0.25) is 0 Å². The molecule has 0 amide bonds. The number of rotatable bonds is 9. The molecule has 0 aliphatic heterocycles. The largest absolute Gasteiger partial charge is 0.548 e. The second-order valence-electron chi connectivity index (χ2n) is 8.69. The van der Waals surface area contributed by atoms with Gasteiger partial charge in [-0.3, -0.25) is 4.79 Å². The number of hydrogen-bond acceptors (Lipinski definition) is 2. The van der Waals surface area contributed by atoms with Gasteiger partial charge in [-0.15, -0.1) is 12.1 Å². The van der Waals surface area contributed by atoms with Crippen molar-refractivity contribution >= 4 is 5.97 Å². The van der Waals surface area contributed by atoms with Crippen LogP contribution in [-0.4, -0.2) is 17.2 Å². The van der Waals surface area contributed by atoms with Gasteiger partial charge in [0, 0.05) is 38.5 Å². The van der Waals surface area contributed by atoms with Gasteiger partial charge in [-0.2, -0.15) is 30.0 Å². The fourth-order valence-electron chi connectivity index (χ4n) is 4.74. The number of carboxylic acid groups (broad SMARTS) is 1. The third kappa shape index (κ3) is 7.43. The SMILES string of the molecule is C[CH-][C@@H]1CC[C@@H](C(=O)O)CC1c1[c-]cc(O[C@H](C)CCCc2ccccc2)cc1C.[Y]. The van der Waals surface area contributed by atoms with Gasteiger partial charge < -0.3 is 16.3 Å². The summed E-state index contributed by atoms with van der Waals surface area (Å²) < 4.78 is 6.15. The molecular weight excluding hydrogens is 461 g/mol. The van der Waals surface area contributed by atoms with Gasteiger partial charge in [0.1, 0.15) is 0 Å². The van der Waals surface area contributed by atoms with Crippen molar-refractivity contribution in [2.45, 2.75) is 71.3 Å². The molecule has 1 N–H and O–H groups in total. The van der Waals surface area contributed by atoms with Gasteiger partial charge in [0.05, 0.1) is 12.0 Å². The van der Waals surface area contributed by atoms with E-state index < -0.39 is 5.97 Å². The van der Waals surface area contributed by atoms with Crippen LogP contribution in [0, 0.1) is 31.2 Å². The van der Waals surface area contributed by atoms with Crippen LogP contribution in [0.1, 0.15) is 68.6 Å². The summed E-state index contributed by atoms with van der Waals surface area (Å²) in [6, 6.07) is 18.0. The van der Waals surface area contributed by atoms with E-state index in [9.17, 15) is 9.90 Å². The number of carboxylic acids is 1. The molecular formula is C27H34O3Y-2. The van der Waals surface area contributed by atoms with Crippen LogP contribution in [0.3, 0.4) is 0 Å². The van der Waals surface area contributed by atoms with Crippen LogP contribution in [0.2, 0.25) is 0 Å². The maximum atomic E-state index is 11.5. The van der Waals surface area contributed by atoms with Gasteiger partial charge in [0.15, 0.2) is 0 Å². The predicted molar refractivity (Wildman–Crippen MR) is 121 cm³/mol. The Hall–Kier alpha value is -1.19. The molecule has 0 aromatic heterocycles. The number of ether oxygens (including phenoxy) is 1. The average Bonchev–Trinajstić information content (AvgIpc) is 2.74. The van der Waals surface area contributed by atoms with E-state index in [1.807, 2.05) is 12.1 Å². The molecule has 1 fully saturated rings. The van der Waals surface area contributed by atoms with Crippen LogP contribution in [0.4, 0.5) is 0 Å². The number of carbonyl (C=O) groups is 1. The normalized spacial score (nSPS) is 21.7. The maximum absolute atomic E-state index is 11.5. The molecule has 1 saturated carbocycles. The van der Waals surface area contributed by atoms with Crippen molar-refractivity contribution in [1.29, 1.82) is 0 Å². The molecule has 3 nitrogen and oxygen atoms in total. The van der Waals surface area contributed by atoms with E-state index in [4.69, 9.17) is 4.74 Å². The molecule has 1 radical (unpaired) electrons. The Morgan fingerprint density at radius 3 is 2.68 bits per heavy atom. The van der Waals surface area contributed by atoms with Crippen LogP contribution in [0.5, 0.6) is 5.75 Å². The minimum absolute atomic E-state index is 0. The molecule has 1 aliphatic carbocycles. The van der Waals surface area contributed by atoms with E-state index in [1.165, 1.54) is 5.56 Å². The Labute approximate surface area is 212 Å². The Morgan fingerprint density at radius 2 is 2.03 bits per heavy atom. The van der Waals surface area contributed by atoms with Gasteiger partial charge in [0.25, 0.3) is 0 Å². The molecule has 0 bridgehead atoms. The maximum Gasteiger partial charge on any atom is 0.306 e. The summed E-state index contributed by atoms with van der Waals surface area (Å²) in [5.41, 5.74) is 3.66. The molecule has 3 rings (SSSR count). The smallest absolute Gasteiger partial charge is 0.306 e. The van der Waals surface area contributed by atoms with E-state index in [2.05, 4.69) is 63.6 Å². The monoisotopic (exact) mass is 495 g/mol. The second-order valence-corrected chi connectivity index (χ2v) is 8.69. The molecule has 0 heterocycles. The summed E-state index contributed by atoms with van der Waals surface area (Å²) in [6.07, 6.45) is 7.94. The molecule has 165 valence electrons. The van der Waals surface area contributed by atoms with Gasteiger partial charge in [-0.05, 0) is 44.6 Å². The van der Waals surface area contributed by atoms with Crippen LogP contribution in [0.25, 0.3) is 0 Å². The number of aryl methyl sites for hydroxylation is 2. The van der Waals surface area contributed by atoms with E-state index >= 15 is 0 Å². The first-order chi connectivity index (χ1) is 14.5. The summed E-state index contributed by atoms with van der Waals surface area (Å²) in [4.78, 5) is 11.5. The van der Waals surface area contributed by atoms with E-state index in [-0.39, 0.29) is 50.6 Å². The first kappa shape index (κ1) is 26.1. The van der Waals surface area contributed by atoms with Crippen molar-refractivity contribution in [3.05, 3.63) is 71.6 Å². The van der Waals surface area contributed by atoms with Crippen molar-refractivity contribution in [3.63, 3.8) is 0 Å². The zero-order valence-electron chi connectivity index (χ0n) is 19.0. The molecule has 1 unspecified atom stereocenters. The van der Waals surface area contributed by atoms with Crippen molar-refractivity contribution < 1.29 is 47.3 Å². The average molecular weight is 495 g/mol. The zero-order valence-corrected chi connectivity index (χ0v) is 21.9. The number of aliphatic carboxylic acids is 1. The molecule has 0 saturated heterocycles. The zero-order chi connectivity index (χ0) is 21.5. The molecule has 31 heavy (non-hydrogen) atoms. The second kappa shape index (κ2) is 12.7. The minimum atomic E-state index is -0.670. The van der Waals surface area contributed by atoms with E-state index in [0.717, 1.165) is 49.0 Å². The van der Waals surface area contributed by atoms with Gasteiger partial charge in [-0.25, -0.2) is 0 Å². The van der Waals surface area contributed by atoms with E-state index in [1.54, 1.807) is 0 Å². The summed E-state index contributed by atoms with van der Waals surface area (Å²) in [5.74, 6) is 0.573. The van der Waals surface area contributed by atoms with Gasteiger partial charge >= 0.3 is 5.97 Å². The fraction of sp³-hybridized carbons (Fsp3) is 0.481.